The second-order valence-corrected chi connectivity index (χ2v) is 13.3. The highest BCUT2D eigenvalue weighted by molar-refractivity contribution is 5.81. The van der Waals surface area contributed by atoms with E-state index in [1.165, 1.54) is 151 Å². The van der Waals surface area contributed by atoms with Crippen molar-refractivity contribution in [2.45, 2.75) is 194 Å². The smallest absolute Gasteiger partial charge is 0.323 e. The Morgan fingerprint density at radius 3 is 0.761 bits per heavy atom. The van der Waals surface area contributed by atoms with Gasteiger partial charge in [-0.1, -0.05) is 168 Å². The number of carbonyl (C=O) groups excluding carboxylic acids is 2. The summed E-state index contributed by atoms with van der Waals surface area (Å²) in [5.41, 5.74) is 0. The van der Waals surface area contributed by atoms with Gasteiger partial charge in [0.05, 0.1) is 0 Å². The Morgan fingerprint density at radius 1 is 0.370 bits per heavy atom. The quantitative estimate of drug-likeness (QED) is 0.0698. The van der Waals surface area contributed by atoms with E-state index in [-0.39, 0.29) is 24.9 Å². The summed E-state index contributed by atoms with van der Waals surface area (Å²) < 4.78 is 0. The predicted octanol–water partition coefficient (Wildman–Crippen LogP) is 10.0. The lowest BCUT2D eigenvalue weighted by Gasteiger charge is -2.14. The highest BCUT2D eigenvalue weighted by Gasteiger charge is 2.12. The van der Waals surface area contributed by atoms with Crippen LogP contribution in [0.3, 0.4) is 0 Å². The van der Waals surface area contributed by atoms with Crippen LogP contribution in [0.2, 0.25) is 0 Å². The van der Waals surface area contributed by atoms with Crippen LogP contribution >= 0.6 is 0 Å². The number of unbranched alkanes of at least 4 members (excludes halogenated alkanes) is 24. The molecule has 0 aromatic heterocycles. The third-order valence-electron chi connectivity index (χ3n) is 8.58. The number of hydrogen-bond donors (Lipinski definition) is 2. The van der Waals surface area contributed by atoms with Gasteiger partial charge in [-0.2, -0.15) is 0 Å². The molecule has 272 valence electrons. The Balaban J connectivity index is 0. The summed E-state index contributed by atoms with van der Waals surface area (Å²) >= 11 is 0. The van der Waals surface area contributed by atoms with Crippen LogP contribution in [0.15, 0.2) is 0 Å². The molecule has 8 nitrogen and oxygen atoms in total. The number of carboxylic acids is 2. The Kier molecular flexibility index (Phi) is 35.7. The molecule has 0 atom stereocenters. The molecule has 0 aliphatic carbocycles. The van der Waals surface area contributed by atoms with Gasteiger partial charge in [0.15, 0.2) is 0 Å². The molecule has 2 amide bonds. The lowest BCUT2D eigenvalue weighted by molar-refractivity contribution is -0.143. The van der Waals surface area contributed by atoms with Gasteiger partial charge in [-0.25, -0.2) is 0 Å². The van der Waals surface area contributed by atoms with E-state index in [9.17, 15) is 19.2 Å². The zero-order valence-corrected chi connectivity index (χ0v) is 30.6. The maximum atomic E-state index is 11.7. The van der Waals surface area contributed by atoms with Crippen LogP contribution < -0.4 is 0 Å². The van der Waals surface area contributed by atoms with Gasteiger partial charge in [-0.15, -0.1) is 0 Å². The summed E-state index contributed by atoms with van der Waals surface area (Å²) in [6.45, 7) is 4.11. The van der Waals surface area contributed by atoms with Gasteiger partial charge in [-0.3, -0.25) is 19.2 Å². The Morgan fingerprint density at radius 2 is 0.565 bits per heavy atom. The zero-order valence-electron chi connectivity index (χ0n) is 30.6. The van der Waals surface area contributed by atoms with Crippen molar-refractivity contribution >= 4 is 23.8 Å². The minimum atomic E-state index is -0.954. The number of nitrogens with zero attached hydrogens (tertiary/aromatic N) is 2. The molecule has 0 aliphatic heterocycles. The number of carboxylic acid groups (broad SMARTS) is 2. The Hall–Kier alpha value is -2.12. The molecule has 0 aliphatic rings. The molecular formula is C38H74N2O6. The minimum absolute atomic E-state index is 0.0582. The molecule has 0 saturated carbocycles. The molecule has 0 aromatic rings. The maximum Gasteiger partial charge on any atom is 0.323 e. The van der Waals surface area contributed by atoms with Crippen LogP contribution in [-0.4, -0.2) is 71.0 Å². The first-order chi connectivity index (χ1) is 22.1. The summed E-state index contributed by atoms with van der Waals surface area (Å²) in [6, 6.07) is 0. The van der Waals surface area contributed by atoms with Crippen molar-refractivity contribution in [1.29, 1.82) is 0 Å². The first kappa shape index (κ1) is 46.0. The zero-order chi connectivity index (χ0) is 34.7. The molecule has 0 unspecified atom stereocenters. The van der Waals surface area contributed by atoms with Crippen LogP contribution in [-0.2, 0) is 19.2 Å². The number of rotatable bonds is 32. The van der Waals surface area contributed by atoms with E-state index in [2.05, 4.69) is 13.8 Å². The lowest BCUT2D eigenvalue weighted by atomic mass is 10.0. The van der Waals surface area contributed by atoms with Gasteiger partial charge >= 0.3 is 11.9 Å². The number of carbonyl (C=O) groups is 4. The van der Waals surface area contributed by atoms with Crippen molar-refractivity contribution in [3.05, 3.63) is 0 Å². The van der Waals surface area contributed by atoms with Crippen LogP contribution in [0, 0.1) is 0 Å². The Labute approximate surface area is 283 Å². The number of hydrogen-bond acceptors (Lipinski definition) is 4. The van der Waals surface area contributed by atoms with Crippen LogP contribution in [0.25, 0.3) is 0 Å². The molecule has 0 radical (unpaired) electrons. The summed E-state index contributed by atoms with van der Waals surface area (Å²) in [4.78, 5) is 46.9. The third kappa shape index (κ3) is 36.3. The molecular weight excluding hydrogens is 580 g/mol. The lowest BCUT2D eigenvalue weighted by Crippen LogP contribution is -2.31. The van der Waals surface area contributed by atoms with E-state index < -0.39 is 11.9 Å². The molecule has 2 N–H and O–H groups in total. The summed E-state index contributed by atoms with van der Waals surface area (Å²) in [7, 11) is 3.11. The second kappa shape index (κ2) is 35.7. The normalized spacial score (nSPS) is 10.7. The van der Waals surface area contributed by atoms with Gasteiger partial charge in [0, 0.05) is 26.9 Å². The standard InChI is InChI=1S/C21H41NO3.C17H33NO3/c1-3-4-5-6-7-8-9-10-11-12-13-14-15-16-17-18-20(23)22(2)19-21(24)25;1-3-4-5-6-7-8-9-10-11-12-13-14-16(19)18(2)15-17(20)21/h3-19H2,1-2H3,(H,24,25);3-15H2,1-2H3,(H,20,21). The number of likely N-dealkylation sites (N-methyl/N-ethyl adjacent to an activating group) is 2. The van der Waals surface area contributed by atoms with Crippen molar-refractivity contribution in [3.63, 3.8) is 0 Å². The topological polar surface area (TPSA) is 115 Å². The largest absolute Gasteiger partial charge is 0.480 e. The maximum absolute atomic E-state index is 11.7. The second-order valence-electron chi connectivity index (χ2n) is 13.3. The number of amides is 2. The molecule has 0 bridgehead atoms. The molecule has 0 fully saturated rings. The van der Waals surface area contributed by atoms with E-state index in [1.54, 1.807) is 14.1 Å². The van der Waals surface area contributed by atoms with Gasteiger partial charge in [0.1, 0.15) is 13.1 Å². The molecule has 0 rings (SSSR count). The molecule has 0 saturated heterocycles. The molecule has 46 heavy (non-hydrogen) atoms. The van der Waals surface area contributed by atoms with E-state index >= 15 is 0 Å². The van der Waals surface area contributed by atoms with Gasteiger partial charge in [0.2, 0.25) is 11.8 Å². The van der Waals surface area contributed by atoms with Crippen molar-refractivity contribution in [2.24, 2.45) is 0 Å². The van der Waals surface area contributed by atoms with Gasteiger partial charge < -0.3 is 20.0 Å². The fraction of sp³-hybridized carbons (Fsp3) is 0.895. The van der Waals surface area contributed by atoms with Crippen LogP contribution in [0.5, 0.6) is 0 Å². The Bertz CT molecular complexity index is 730. The van der Waals surface area contributed by atoms with E-state index in [0.717, 1.165) is 25.7 Å². The first-order valence-corrected chi connectivity index (χ1v) is 19.1. The monoisotopic (exact) mass is 655 g/mol. The minimum Gasteiger partial charge on any atom is -0.480 e. The molecule has 0 heterocycles. The van der Waals surface area contributed by atoms with E-state index in [4.69, 9.17) is 10.2 Å². The molecule has 0 spiro atoms. The van der Waals surface area contributed by atoms with Crippen LogP contribution in [0.1, 0.15) is 194 Å². The summed E-state index contributed by atoms with van der Waals surface area (Å²) in [5, 5.41) is 17.2. The molecule has 0 aromatic carbocycles. The van der Waals surface area contributed by atoms with Crippen molar-refractivity contribution in [1.82, 2.24) is 9.80 Å². The highest BCUT2D eigenvalue weighted by atomic mass is 16.4. The number of aliphatic carboxylic acids is 2. The first-order valence-electron chi connectivity index (χ1n) is 19.1. The van der Waals surface area contributed by atoms with Crippen molar-refractivity contribution in [2.75, 3.05) is 27.2 Å². The average molecular weight is 655 g/mol. The highest BCUT2D eigenvalue weighted by Crippen LogP contribution is 2.14. The van der Waals surface area contributed by atoms with E-state index in [1.807, 2.05) is 0 Å². The third-order valence-corrected chi connectivity index (χ3v) is 8.58. The van der Waals surface area contributed by atoms with E-state index in [0.29, 0.717) is 12.8 Å². The van der Waals surface area contributed by atoms with Gasteiger partial charge in [-0.05, 0) is 12.8 Å². The van der Waals surface area contributed by atoms with Crippen molar-refractivity contribution < 1.29 is 29.4 Å². The fourth-order valence-corrected chi connectivity index (χ4v) is 5.55. The SMILES string of the molecule is CCCCCCCCCCCCCC(=O)N(C)CC(=O)O.CCCCCCCCCCCCCCCCCC(=O)N(C)CC(=O)O. The predicted molar refractivity (Wildman–Crippen MR) is 191 cm³/mol. The van der Waals surface area contributed by atoms with Gasteiger partial charge in [0.25, 0.3) is 0 Å². The molecule has 8 heteroatoms. The fourth-order valence-electron chi connectivity index (χ4n) is 5.55. The van der Waals surface area contributed by atoms with Crippen LogP contribution in [0.4, 0.5) is 0 Å². The summed E-state index contributed by atoms with van der Waals surface area (Å²) in [6.07, 6.45) is 34.4. The van der Waals surface area contributed by atoms with Crippen molar-refractivity contribution in [3.8, 4) is 0 Å². The summed E-state index contributed by atoms with van der Waals surface area (Å²) in [5.74, 6) is -2.03. The average Bonchev–Trinajstić information content (AvgIpc) is 3.01.